The molecule has 0 aliphatic rings. The number of carbonyl (C=O) groups excluding carboxylic acids is 1. The minimum Gasteiger partial charge on any atom is -0.319 e. The van der Waals surface area contributed by atoms with E-state index in [9.17, 15) is 18.0 Å². The van der Waals surface area contributed by atoms with E-state index >= 15 is 0 Å². The van der Waals surface area contributed by atoms with Gasteiger partial charge in [-0.25, -0.2) is 13.2 Å². The maximum absolute atomic E-state index is 13.7. The van der Waals surface area contributed by atoms with Crippen LogP contribution in [-0.2, 0) is 0 Å². The van der Waals surface area contributed by atoms with Crippen molar-refractivity contribution in [3.05, 3.63) is 83.3 Å². The lowest BCUT2D eigenvalue weighted by Gasteiger charge is -2.10. The third-order valence-electron chi connectivity index (χ3n) is 3.68. The zero-order valence-electron chi connectivity index (χ0n) is 13.2. The third kappa shape index (κ3) is 3.38. The predicted octanol–water partition coefficient (Wildman–Crippen LogP) is 4.73. The Balaban J connectivity index is 1.87. The first-order valence-corrected chi connectivity index (χ1v) is 7.45. The molecule has 1 heterocycles. The molecule has 126 valence electrons. The molecular formula is C19H13F3N2O. The minimum atomic E-state index is -1.63. The highest BCUT2D eigenvalue weighted by Crippen LogP contribution is 2.22. The Bertz CT molecular complexity index is 943. The number of anilines is 1. The molecule has 0 saturated carbocycles. The number of nitrogens with zero attached hydrogens (tertiary/aromatic N) is 1. The van der Waals surface area contributed by atoms with Gasteiger partial charge < -0.3 is 5.32 Å². The summed E-state index contributed by atoms with van der Waals surface area (Å²) in [6, 6.07) is 14.3. The van der Waals surface area contributed by atoms with Gasteiger partial charge in [0.2, 0.25) is 0 Å². The number of halogens is 3. The predicted molar refractivity (Wildman–Crippen MR) is 88.7 cm³/mol. The summed E-state index contributed by atoms with van der Waals surface area (Å²) in [6.45, 7) is 1.64. The van der Waals surface area contributed by atoms with Crippen molar-refractivity contribution in [1.82, 2.24) is 4.98 Å². The third-order valence-corrected chi connectivity index (χ3v) is 3.68. The van der Waals surface area contributed by atoms with Gasteiger partial charge in [0, 0.05) is 5.56 Å². The second-order valence-electron chi connectivity index (χ2n) is 5.37. The van der Waals surface area contributed by atoms with Gasteiger partial charge in [-0.15, -0.1) is 0 Å². The zero-order chi connectivity index (χ0) is 18.0. The van der Waals surface area contributed by atoms with E-state index in [4.69, 9.17) is 0 Å². The molecule has 0 spiro atoms. The van der Waals surface area contributed by atoms with Crippen LogP contribution in [0.15, 0.2) is 54.6 Å². The maximum atomic E-state index is 13.7. The maximum Gasteiger partial charge on any atom is 0.257 e. The summed E-state index contributed by atoms with van der Waals surface area (Å²) < 4.78 is 39.9. The van der Waals surface area contributed by atoms with Gasteiger partial charge in [0.05, 0.1) is 22.6 Å². The second-order valence-corrected chi connectivity index (χ2v) is 5.37. The van der Waals surface area contributed by atoms with Crippen LogP contribution in [0.1, 0.15) is 16.1 Å². The van der Waals surface area contributed by atoms with Crippen LogP contribution in [0.5, 0.6) is 0 Å². The molecule has 3 aromatic rings. The summed E-state index contributed by atoms with van der Waals surface area (Å²) in [5, 5.41) is 2.23. The summed E-state index contributed by atoms with van der Waals surface area (Å²) >= 11 is 0. The van der Waals surface area contributed by atoms with Crippen LogP contribution in [0.25, 0.3) is 11.3 Å². The number of carbonyl (C=O) groups is 1. The molecule has 0 bridgehead atoms. The van der Waals surface area contributed by atoms with Crippen LogP contribution in [0.3, 0.4) is 0 Å². The number of benzene rings is 2. The lowest BCUT2D eigenvalue weighted by atomic mass is 10.1. The van der Waals surface area contributed by atoms with Gasteiger partial charge in [0.1, 0.15) is 0 Å². The highest BCUT2D eigenvalue weighted by Gasteiger charge is 2.17. The fourth-order valence-electron chi connectivity index (χ4n) is 2.38. The van der Waals surface area contributed by atoms with Crippen LogP contribution in [0, 0.1) is 24.4 Å². The van der Waals surface area contributed by atoms with Gasteiger partial charge in [-0.05, 0) is 31.2 Å². The number of aromatic nitrogens is 1. The van der Waals surface area contributed by atoms with E-state index in [0.29, 0.717) is 11.4 Å². The van der Waals surface area contributed by atoms with Gasteiger partial charge >= 0.3 is 0 Å². The first-order valence-electron chi connectivity index (χ1n) is 7.45. The van der Waals surface area contributed by atoms with Gasteiger partial charge in [0.15, 0.2) is 17.5 Å². The number of nitrogens with one attached hydrogen (secondary N) is 1. The fraction of sp³-hybridized carbons (Fsp3) is 0.0526. The summed E-state index contributed by atoms with van der Waals surface area (Å²) in [4.78, 5) is 16.7. The Morgan fingerprint density at radius 2 is 1.64 bits per heavy atom. The highest BCUT2D eigenvalue weighted by atomic mass is 19.2. The Morgan fingerprint density at radius 3 is 2.32 bits per heavy atom. The lowest BCUT2D eigenvalue weighted by Crippen LogP contribution is -2.16. The normalized spacial score (nSPS) is 10.6. The van der Waals surface area contributed by atoms with Crippen LogP contribution in [0.2, 0.25) is 0 Å². The van der Waals surface area contributed by atoms with E-state index in [-0.39, 0.29) is 5.56 Å². The van der Waals surface area contributed by atoms with Crippen molar-refractivity contribution in [3.63, 3.8) is 0 Å². The zero-order valence-corrected chi connectivity index (χ0v) is 13.2. The molecule has 0 atom stereocenters. The molecular weight excluding hydrogens is 329 g/mol. The summed E-state index contributed by atoms with van der Waals surface area (Å²) in [5.74, 6) is -5.05. The lowest BCUT2D eigenvalue weighted by molar-refractivity contribution is 0.102. The molecule has 0 unspecified atom stereocenters. The van der Waals surface area contributed by atoms with Gasteiger partial charge in [0.25, 0.3) is 5.91 Å². The first kappa shape index (κ1) is 16.7. The molecule has 0 radical (unpaired) electrons. The van der Waals surface area contributed by atoms with Crippen LogP contribution in [-0.4, -0.2) is 10.9 Å². The molecule has 0 fully saturated rings. The van der Waals surface area contributed by atoms with E-state index in [2.05, 4.69) is 10.3 Å². The van der Waals surface area contributed by atoms with Crippen molar-refractivity contribution in [2.45, 2.75) is 6.92 Å². The van der Waals surface area contributed by atoms with Gasteiger partial charge in [-0.3, -0.25) is 9.78 Å². The van der Waals surface area contributed by atoms with Crippen LogP contribution in [0.4, 0.5) is 18.9 Å². The van der Waals surface area contributed by atoms with Crippen molar-refractivity contribution in [1.29, 1.82) is 0 Å². The monoisotopic (exact) mass is 342 g/mol. The fourth-order valence-corrected chi connectivity index (χ4v) is 2.38. The second kappa shape index (κ2) is 6.76. The molecule has 0 saturated heterocycles. The average molecular weight is 342 g/mol. The first-order chi connectivity index (χ1) is 12.0. The minimum absolute atomic E-state index is 0.212. The Kier molecular flexibility index (Phi) is 4.52. The Hall–Kier alpha value is -3.15. The van der Waals surface area contributed by atoms with Crippen LogP contribution < -0.4 is 5.32 Å². The van der Waals surface area contributed by atoms with Crippen molar-refractivity contribution < 1.29 is 18.0 Å². The van der Waals surface area contributed by atoms with E-state index in [1.54, 1.807) is 19.1 Å². The number of hydrogen-bond donors (Lipinski definition) is 1. The Labute approximate surface area is 142 Å². The molecule has 3 nitrogen and oxygen atoms in total. The van der Waals surface area contributed by atoms with E-state index in [1.165, 1.54) is 0 Å². The molecule has 1 amide bonds. The number of rotatable bonds is 3. The van der Waals surface area contributed by atoms with E-state index in [0.717, 1.165) is 17.7 Å². The summed E-state index contributed by atoms with van der Waals surface area (Å²) in [7, 11) is 0. The standard InChI is InChI=1S/C19H13F3N2O/c1-11-13(7-9-15(23-11)12-5-3-2-4-6-12)19(25)24-16-10-8-14(20)17(21)18(16)22/h2-10H,1H3,(H,24,25). The summed E-state index contributed by atoms with van der Waals surface area (Å²) in [6.07, 6.45) is 0. The molecule has 1 aromatic heterocycles. The number of hydrogen-bond acceptors (Lipinski definition) is 2. The number of amides is 1. The highest BCUT2D eigenvalue weighted by molar-refractivity contribution is 6.05. The number of aryl methyl sites for hydroxylation is 1. The molecule has 2 aromatic carbocycles. The summed E-state index contributed by atoms with van der Waals surface area (Å²) in [5.41, 5.74) is 1.79. The topological polar surface area (TPSA) is 42.0 Å². The molecule has 0 aliphatic carbocycles. The SMILES string of the molecule is Cc1nc(-c2ccccc2)ccc1C(=O)Nc1ccc(F)c(F)c1F. The number of pyridine rings is 1. The molecule has 0 aliphatic heterocycles. The Morgan fingerprint density at radius 1 is 0.920 bits per heavy atom. The van der Waals surface area contributed by atoms with Gasteiger partial charge in [-0.2, -0.15) is 0 Å². The molecule has 1 N–H and O–H groups in total. The van der Waals surface area contributed by atoms with Crippen molar-refractivity contribution in [3.8, 4) is 11.3 Å². The molecule has 3 rings (SSSR count). The van der Waals surface area contributed by atoms with Crippen molar-refractivity contribution >= 4 is 11.6 Å². The molecule has 6 heteroatoms. The van der Waals surface area contributed by atoms with E-state index in [1.807, 2.05) is 30.3 Å². The van der Waals surface area contributed by atoms with E-state index < -0.39 is 29.0 Å². The smallest absolute Gasteiger partial charge is 0.257 e. The average Bonchev–Trinajstić information content (AvgIpc) is 2.62. The van der Waals surface area contributed by atoms with Crippen LogP contribution >= 0.6 is 0 Å². The largest absolute Gasteiger partial charge is 0.319 e. The van der Waals surface area contributed by atoms with Crippen molar-refractivity contribution in [2.24, 2.45) is 0 Å². The quantitative estimate of drug-likeness (QED) is 0.700. The van der Waals surface area contributed by atoms with Gasteiger partial charge in [-0.1, -0.05) is 30.3 Å². The molecule has 25 heavy (non-hydrogen) atoms. The van der Waals surface area contributed by atoms with Crippen molar-refractivity contribution in [2.75, 3.05) is 5.32 Å².